The smallest absolute Gasteiger partial charge is 0.454 e. The minimum absolute atomic E-state index is 0.0333. The molecule has 13 heteroatoms. The van der Waals surface area contributed by atoms with Gasteiger partial charge in [0.15, 0.2) is 0 Å². The zero-order chi connectivity index (χ0) is 22.5. The average Bonchev–Trinajstić information content (AvgIpc) is 2.85. The van der Waals surface area contributed by atoms with Crippen LogP contribution in [0.4, 0.5) is 13.6 Å². The van der Waals surface area contributed by atoms with Crippen LogP contribution in [-0.2, 0) is 38.6 Å². The molecule has 5 rings (SSSR count). The molecule has 3 saturated heterocycles. The largest absolute Gasteiger partial charge is 0.508 e. The molecule has 0 amide bonds. The van der Waals surface area contributed by atoms with Crippen molar-refractivity contribution in [1.29, 1.82) is 0 Å². The topological polar surface area (TPSA) is 135 Å². The average molecular weight is 470 g/mol. The van der Waals surface area contributed by atoms with Gasteiger partial charge in [0.05, 0.1) is 37.4 Å². The molecule has 3 aliphatic heterocycles. The minimum atomic E-state index is -5.96. The van der Waals surface area contributed by atoms with Crippen LogP contribution in [0, 0.1) is 11.3 Å². The normalized spacial score (nSPS) is 38.8. The fourth-order valence-electron chi connectivity index (χ4n) is 5.05. The number of hydrogen-bond donors (Lipinski definition) is 1. The zero-order valence-corrected chi connectivity index (χ0v) is 17.4. The first-order valence-electron chi connectivity index (χ1n) is 10.0. The van der Waals surface area contributed by atoms with Crippen LogP contribution in [0.25, 0.3) is 0 Å². The highest BCUT2D eigenvalue weighted by Gasteiger charge is 2.59. The number of cyclic esters (lactones) is 2. The van der Waals surface area contributed by atoms with Crippen LogP contribution in [0.5, 0.6) is 0 Å². The number of esters is 1. The molecule has 2 atom stereocenters. The third-order valence-corrected chi connectivity index (χ3v) is 7.34. The molecule has 31 heavy (non-hydrogen) atoms. The van der Waals surface area contributed by atoms with E-state index in [9.17, 15) is 26.8 Å². The van der Waals surface area contributed by atoms with Gasteiger partial charge in [-0.1, -0.05) is 0 Å². The maximum atomic E-state index is 13.8. The second-order valence-electron chi connectivity index (χ2n) is 9.02. The molecule has 2 unspecified atom stereocenters. The molecule has 176 valence electrons. The van der Waals surface area contributed by atoms with Gasteiger partial charge < -0.3 is 23.7 Å². The van der Waals surface area contributed by atoms with Gasteiger partial charge in [0.25, 0.3) is 0 Å². The monoisotopic (exact) mass is 470 g/mol. The van der Waals surface area contributed by atoms with Gasteiger partial charge in [-0.2, -0.15) is 17.2 Å². The molecule has 2 saturated carbocycles. The van der Waals surface area contributed by atoms with Crippen LogP contribution in [0.2, 0.25) is 0 Å². The molecule has 1 N–H and O–H groups in total. The van der Waals surface area contributed by atoms with Gasteiger partial charge in [0, 0.05) is 12.8 Å². The maximum absolute atomic E-state index is 13.8. The molecule has 10 nitrogen and oxygen atoms in total. The number of alkyl halides is 2. The summed E-state index contributed by atoms with van der Waals surface area (Å²) < 4.78 is 85.4. The van der Waals surface area contributed by atoms with E-state index in [4.69, 9.17) is 28.2 Å². The van der Waals surface area contributed by atoms with Crippen molar-refractivity contribution in [3.05, 3.63) is 0 Å². The molecular formula is C18H24F2O10S. The van der Waals surface area contributed by atoms with Gasteiger partial charge in [-0.25, -0.2) is 9.59 Å². The van der Waals surface area contributed by atoms with E-state index in [1.165, 1.54) is 0 Å². The van der Waals surface area contributed by atoms with E-state index < -0.39 is 50.7 Å². The molecule has 0 aromatic carbocycles. The van der Waals surface area contributed by atoms with E-state index in [1.807, 2.05) is 0 Å². The first-order chi connectivity index (χ1) is 14.4. The molecule has 3 heterocycles. The number of halogens is 2. The summed E-state index contributed by atoms with van der Waals surface area (Å²) in [6.45, 7) is 0.531. The lowest BCUT2D eigenvalue weighted by Crippen LogP contribution is -2.56. The predicted molar refractivity (Wildman–Crippen MR) is 95.7 cm³/mol. The molecule has 4 bridgehead atoms. The molecular weight excluding hydrogens is 446 g/mol. The summed E-state index contributed by atoms with van der Waals surface area (Å²) in [4.78, 5) is 23.4. The minimum Gasteiger partial charge on any atom is -0.454 e. The lowest BCUT2D eigenvalue weighted by Gasteiger charge is -2.51. The number of carbonyl (C=O) groups is 2. The summed E-state index contributed by atoms with van der Waals surface area (Å²) in [5.74, 6) is -2.34. The predicted octanol–water partition coefficient (Wildman–Crippen LogP) is 1.67. The van der Waals surface area contributed by atoms with Crippen molar-refractivity contribution in [3.63, 3.8) is 0 Å². The number of ether oxygens (including phenoxy) is 5. The fraction of sp³-hybridized carbons (Fsp3) is 0.889. The Kier molecular flexibility index (Phi) is 5.68. The van der Waals surface area contributed by atoms with Crippen molar-refractivity contribution in [1.82, 2.24) is 0 Å². The van der Waals surface area contributed by atoms with Crippen molar-refractivity contribution in [3.8, 4) is 0 Å². The Hall–Kier alpha value is -1.57. The number of carbonyl (C=O) groups excluding carboxylic acids is 2. The van der Waals surface area contributed by atoms with E-state index in [0.717, 1.165) is 0 Å². The second kappa shape index (κ2) is 7.78. The molecule has 0 radical (unpaired) electrons. The van der Waals surface area contributed by atoms with E-state index >= 15 is 0 Å². The second-order valence-corrected chi connectivity index (χ2v) is 10.5. The van der Waals surface area contributed by atoms with Gasteiger partial charge in [-0.05, 0) is 31.6 Å². The number of fused-ring (bicyclic) bond motifs is 2. The third kappa shape index (κ3) is 4.50. The van der Waals surface area contributed by atoms with Crippen molar-refractivity contribution in [2.24, 2.45) is 11.3 Å². The lowest BCUT2D eigenvalue weighted by atomic mass is 9.66. The van der Waals surface area contributed by atoms with Gasteiger partial charge in [-0.3, -0.25) is 4.55 Å². The van der Waals surface area contributed by atoms with Crippen LogP contribution < -0.4 is 0 Å². The van der Waals surface area contributed by atoms with Crippen LogP contribution in [0.1, 0.15) is 38.5 Å². The summed E-state index contributed by atoms with van der Waals surface area (Å²) in [7, 11) is -5.96. The van der Waals surface area contributed by atoms with Crippen molar-refractivity contribution in [2.75, 3.05) is 26.4 Å². The Bertz CT molecular complexity index is 824. The fourth-order valence-corrected chi connectivity index (χ4v) is 5.31. The third-order valence-electron chi connectivity index (χ3n) is 6.52. The Balaban J connectivity index is 1.54. The standard InChI is InChI=1S/C18H24F2O10S/c19-18(20,31(23,24)25)14(21)30-17-5-11-3-12(6-17)27-8-16(9-28-13(4-11)7-17)1-2-26-15(22)29-10-16/h11-13H,1-10H2,(H,23,24,25). The number of rotatable bonds is 3. The number of hydrogen-bond acceptors (Lipinski definition) is 9. The first kappa shape index (κ1) is 22.6. The van der Waals surface area contributed by atoms with Crippen molar-refractivity contribution in [2.45, 2.75) is 61.6 Å². The van der Waals surface area contributed by atoms with E-state index in [1.54, 1.807) is 0 Å². The molecule has 1 spiro atoms. The quantitative estimate of drug-likeness (QED) is 0.479. The molecule has 2 aliphatic carbocycles. The summed E-state index contributed by atoms with van der Waals surface area (Å²) in [5, 5.41) is -5.07. The highest BCUT2D eigenvalue weighted by molar-refractivity contribution is 7.87. The zero-order valence-electron chi connectivity index (χ0n) is 16.6. The SMILES string of the molecule is O=C1OCCC2(CO1)COC1CC3CC(CC(OC(=O)C(F)(F)S(=O)(=O)O)(C3)C1)OC2. The Morgan fingerprint density at radius 1 is 1.06 bits per heavy atom. The van der Waals surface area contributed by atoms with E-state index in [-0.39, 0.29) is 51.6 Å². The Labute approximate surface area is 177 Å². The summed E-state index contributed by atoms with van der Waals surface area (Å²) in [6.07, 6.45) is 0.482. The van der Waals surface area contributed by atoms with E-state index in [2.05, 4.69) is 0 Å². The van der Waals surface area contributed by atoms with Gasteiger partial charge in [0.1, 0.15) is 12.2 Å². The first-order valence-corrected chi connectivity index (χ1v) is 11.5. The Morgan fingerprint density at radius 2 is 1.68 bits per heavy atom. The molecule has 0 aromatic heterocycles. The van der Waals surface area contributed by atoms with Gasteiger partial charge >= 0.3 is 27.5 Å². The Morgan fingerprint density at radius 3 is 2.26 bits per heavy atom. The van der Waals surface area contributed by atoms with E-state index in [0.29, 0.717) is 19.3 Å². The van der Waals surface area contributed by atoms with Crippen molar-refractivity contribution < 1.29 is 55.0 Å². The lowest BCUT2D eigenvalue weighted by molar-refractivity contribution is -0.218. The summed E-state index contributed by atoms with van der Waals surface area (Å²) in [5.41, 5.74) is -2.01. The van der Waals surface area contributed by atoms with Crippen molar-refractivity contribution >= 4 is 22.2 Å². The van der Waals surface area contributed by atoms with Gasteiger partial charge in [0.2, 0.25) is 0 Å². The molecule has 0 aromatic rings. The van der Waals surface area contributed by atoms with Crippen LogP contribution in [-0.4, -0.2) is 74.6 Å². The molecule has 5 aliphatic rings. The molecule has 5 fully saturated rings. The highest BCUT2D eigenvalue weighted by atomic mass is 32.2. The van der Waals surface area contributed by atoms with Gasteiger partial charge in [-0.15, -0.1) is 0 Å². The summed E-state index contributed by atoms with van der Waals surface area (Å²) in [6, 6.07) is 0. The maximum Gasteiger partial charge on any atom is 0.508 e. The van der Waals surface area contributed by atoms with Crippen LogP contribution in [0.15, 0.2) is 0 Å². The van der Waals surface area contributed by atoms with Crippen LogP contribution >= 0.6 is 0 Å². The highest BCUT2D eigenvalue weighted by Crippen LogP contribution is 2.49. The summed E-state index contributed by atoms with van der Waals surface area (Å²) >= 11 is 0. The van der Waals surface area contributed by atoms with Crippen LogP contribution in [0.3, 0.4) is 0 Å².